The monoisotopic (exact) mass is 786 g/mol. The molecule has 0 saturated carbocycles. The summed E-state index contributed by atoms with van der Waals surface area (Å²) in [5.74, 6) is 0. The predicted octanol–water partition coefficient (Wildman–Crippen LogP) is 15.5. The SMILES string of the molecule is c1ccc(-c2c3ccccc3c(-c3ccc4c(c3)[se]c3c(-c5c6ccccc6c(-c6cccc7ccccc67)c6ccccc56)cccc34)c3ccccc23)cc1. The van der Waals surface area contributed by atoms with Gasteiger partial charge in [-0.25, -0.2) is 0 Å². The average molecular weight is 786 g/mol. The van der Waals surface area contributed by atoms with Crippen LogP contribution in [-0.4, -0.2) is 14.5 Å². The third kappa shape index (κ3) is 4.93. The fourth-order valence-electron chi connectivity index (χ4n) is 9.66. The summed E-state index contributed by atoms with van der Waals surface area (Å²) in [5.41, 5.74) is 10.4. The van der Waals surface area contributed by atoms with E-state index in [4.69, 9.17) is 0 Å². The van der Waals surface area contributed by atoms with Gasteiger partial charge in [0.15, 0.2) is 0 Å². The second-order valence-corrected chi connectivity index (χ2v) is 17.3. The van der Waals surface area contributed by atoms with Crippen molar-refractivity contribution in [3.05, 3.63) is 206 Å². The van der Waals surface area contributed by atoms with Crippen LogP contribution in [0.1, 0.15) is 0 Å². The molecule has 264 valence electrons. The second kappa shape index (κ2) is 12.9. The van der Waals surface area contributed by atoms with E-state index in [0.29, 0.717) is 0 Å². The van der Waals surface area contributed by atoms with Gasteiger partial charge in [0.05, 0.1) is 0 Å². The average Bonchev–Trinajstić information content (AvgIpc) is 3.66. The van der Waals surface area contributed by atoms with Crippen LogP contribution in [0.5, 0.6) is 0 Å². The van der Waals surface area contributed by atoms with Crippen molar-refractivity contribution in [1.82, 2.24) is 0 Å². The Bertz CT molecular complexity index is 3450. The molecule has 0 unspecified atom stereocenters. The van der Waals surface area contributed by atoms with Crippen LogP contribution in [0.3, 0.4) is 0 Å². The minimum atomic E-state index is 0.114. The summed E-state index contributed by atoms with van der Waals surface area (Å²) in [5, 5.41) is 15.7. The van der Waals surface area contributed by atoms with Gasteiger partial charge in [0.2, 0.25) is 0 Å². The maximum atomic E-state index is 2.51. The van der Waals surface area contributed by atoms with Crippen molar-refractivity contribution in [3.63, 3.8) is 0 Å². The Balaban J connectivity index is 1.11. The van der Waals surface area contributed by atoms with Crippen LogP contribution in [0, 0.1) is 0 Å². The molecule has 12 rings (SSSR count). The molecule has 0 N–H and O–H groups in total. The van der Waals surface area contributed by atoms with Gasteiger partial charge < -0.3 is 0 Å². The summed E-state index contributed by atoms with van der Waals surface area (Å²) in [6.07, 6.45) is 0. The molecule has 0 atom stereocenters. The third-order valence-corrected chi connectivity index (χ3v) is 14.6. The van der Waals surface area contributed by atoms with E-state index in [-0.39, 0.29) is 14.5 Å². The molecule has 11 aromatic carbocycles. The zero-order valence-electron chi connectivity index (χ0n) is 31.0. The molecule has 0 saturated heterocycles. The zero-order chi connectivity index (χ0) is 37.5. The summed E-state index contributed by atoms with van der Waals surface area (Å²) in [6, 6.07) is 76.8. The predicted molar refractivity (Wildman–Crippen MR) is 248 cm³/mol. The van der Waals surface area contributed by atoms with Crippen molar-refractivity contribution in [2.24, 2.45) is 0 Å². The molecule has 0 radical (unpaired) electrons. The van der Waals surface area contributed by atoms with Crippen LogP contribution < -0.4 is 0 Å². The van der Waals surface area contributed by atoms with Gasteiger partial charge in [0.1, 0.15) is 0 Å². The first-order valence-electron chi connectivity index (χ1n) is 19.7. The Labute approximate surface area is 336 Å². The van der Waals surface area contributed by atoms with E-state index >= 15 is 0 Å². The molecule has 0 aliphatic carbocycles. The fraction of sp³-hybridized carbons (Fsp3) is 0. The molecule has 0 nitrogen and oxygen atoms in total. The van der Waals surface area contributed by atoms with Gasteiger partial charge in [-0.05, 0) is 0 Å². The molecule has 12 aromatic rings. The van der Waals surface area contributed by atoms with E-state index in [2.05, 4.69) is 206 Å². The molecule has 1 heterocycles. The topological polar surface area (TPSA) is 0 Å². The van der Waals surface area contributed by atoms with Gasteiger partial charge in [-0.3, -0.25) is 0 Å². The Morgan fingerprint density at radius 2 is 0.667 bits per heavy atom. The van der Waals surface area contributed by atoms with Gasteiger partial charge in [0, 0.05) is 0 Å². The summed E-state index contributed by atoms with van der Waals surface area (Å²) < 4.78 is 2.92. The van der Waals surface area contributed by atoms with Crippen LogP contribution in [-0.2, 0) is 0 Å². The van der Waals surface area contributed by atoms with Crippen molar-refractivity contribution in [2.45, 2.75) is 0 Å². The summed E-state index contributed by atoms with van der Waals surface area (Å²) in [4.78, 5) is 0. The van der Waals surface area contributed by atoms with Gasteiger partial charge in [-0.15, -0.1) is 0 Å². The van der Waals surface area contributed by atoms with Crippen molar-refractivity contribution in [3.8, 4) is 44.5 Å². The van der Waals surface area contributed by atoms with E-state index in [9.17, 15) is 0 Å². The van der Waals surface area contributed by atoms with Crippen molar-refractivity contribution < 1.29 is 0 Å². The third-order valence-electron chi connectivity index (χ3n) is 12.0. The van der Waals surface area contributed by atoms with Crippen molar-refractivity contribution in [1.29, 1.82) is 0 Å². The van der Waals surface area contributed by atoms with Gasteiger partial charge in [-0.1, -0.05) is 0 Å². The standard InChI is InChI=1S/C56H34Se/c1-2-17-36(18-3-1)52-41-21-6-8-23-43(41)53(44-24-9-7-22-42(44)52)37-32-33-39-49-30-15-31-50(56(49)57-51(39)34-37)55-47-27-12-10-25-45(47)54(46-26-11-13-28-48(46)55)40-29-14-19-35-16-4-5-20-38(35)40/h1-34H. The van der Waals surface area contributed by atoms with E-state index in [1.165, 1.54) is 118 Å². The zero-order valence-corrected chi connectivity index (χ0v) is 32.8. The van der Waals surface area contributed by atoms with Gasteiger partial charge >= 0.3 is 338 Å². The minimum absolute atomic E-state index is 0.114. The molecule has 0 aliphatic rings. The van der Waals surface area contributed by atoms with Crippen molar-refractivity contribution >= 4 is 87.7 Å². The normalized spacial score (nSPS) is 11.9. The molecule has 0 aliphatic heterocycles. The van der Waals surface area contributed by atoms with Crippen LogP contribution >= 0.6 is 0 Å². The van der Waals surface area contributed by atoms with Gasteiger partial charge in [0.25, 0.3) is 0 Å². The molecule has 0 amide bonds. The molecule has 57 heavy (non-hydrogen) atoms. The number of hydrogen-bond acceptors (Lipinski definition) is 0. The quantitative estimate of drug-likeness (QED) is 0.123. The Morgan fingerprint density at radius 3 is 1.26 bits per heavy atom. The first kappa shape index (κ1) is 32.5. The van der Waals surface area contributed by atoms with Crippen LogP contribution in [0.25, 0.3) is 118 Å². The Hall–Kier alpha value is -6.76. The van der Waals surface area contributed by atoms with E-state index in [1.54, 1.807) is 0 Å². The first-order valence-corrected chi connectivity index (χ1v) is 21.4. The molecule has 0 fully saturated rings. The Morgan fingerprint density at radius 1 is 0.246 bits per heavy atom. The molecule has 0 spiro atoms. The molecule has 1 aromatic heterocycles. The first-order chi connectivity index (χ1) is 28.3. The maximum absolute atomic E-state index is 2.51. The fourth-order valence-corrected chi connectivity index (χ4v) is 12.3. The molecular formula is C56H34Se. The number of benzene rings is 11. The number of rotatable bonds is 4. The molecule has 1 heteroatoms. The van der Waals surface area contributed by atoms with Crippen LogP contribution in [0.2, 0.25) is 0 Å². The number of hydrogen-bond donors (Lipinski definition) is 0. The summed E-state index contributed by atoms with van der Waals surface area (Å²) in [6.45, 7) is 0. The van der Waals surface area contributed by atoms with Gasteiger partial charge in [-0.2, -0.15) is 0 Å². The number of fused-ring (bicyclic) bond motifs is 8. The Kier molecular flexibility index (Phi) is 7.35. The van der Waals surface area contributed by atoms with Crippen molar-refractivity contribution in [2.75, 3.05) is 0 Å². The van der Waals surface area contributed by atoms with Crippen LogP contribution in [0.15, 0.2) is 206 Å². The van der Waals surface area contributed by atoms with Crippen LogP contribution in [0.4, 0.5) is 0 Å². The summed E-state index contributed by atoms with van der Waals surface area (Å²) >= 11 is 0.114. The summed E-state index contributed by atoms with van der Waals surface area (Å²) in [7, 11) is 0. The second-order valence-electron chi connectivity index (χ2n) is 15.1. The van der Waals surface area contributed by atoms with E-state index in [0.717, 1.165) is 0 Å². The molecular weight excluding hydrogens is 752 g/mol. The molecule has 0 bridgehead atoms. The van der Waals surface area contributed by atoms with E-state index in [1.807, 2.05) is 0 Å². The van der Waals surface area contributed by atoms with E-state index < -0.39 is 0 Å².